The second-order valence-electron chi connectivity index (χ2n) is 5.70. The third-order valence-electron chi connectivity index (χ3n) is 3.76. The predicted molar refractivity (Wildman–Crippen MR) is 79.2 cm³/mol. The SMILES string of the molecule is [2H]C1([2H])N(c2cncc(B3OC(C)(C)C(C)(C)O3)n2)C([2H])([2H])C([2H])([2H])C1([2H])[2H]. The highest BCUT2D eigenvalue weighted by atomic mass is 16.7. The van der Waals surface area contributed by atoms with Crippen molar-refractivity contribution in [3.63, 3.8) is 0 Å². The van der Waals surface area contributed by atoms with Crippen molar-refractivity contribution in [2.24, 2.45) is 0 Å². The van der Waals surface area contributed by atoms with E-state index in [0.29, 0.717) is 4.90 Å². The molecule has 0 bridgehead atoms. The first kappa shape index (κ1) is 7.23. The highest BCUT2D eigenvalue weighted by Crippen LogP contribution is 2.36. The van der Waals surface area contributed by atoms with Crippen LogP contribution in [0, 0.1) is 0 Å². The lowest BCUT2D eigenvalue weighted by Crippen LogP contribution is -2.41. The van der Waals surface area contributed by atoms with Gasteiger partial charge in [-0.2, -0.15) is 0 Å². The van der Waals surface area contributed by atoms with Crippen LogP contribution in [0.15, 0.2) is 12.4 Å². The summed E-state index contributed by atoms with van der Waals surface area (Å²) in [6, 6.07) is 0. The Morgan fingerprint density at radius 1 is 1.15 bits per heavy atom. The van der Waals surface area contributed by atoms with Crippen molar-refractivity contribution in [1.82, 2.24) is 9.97 Å². The van der Waals surface area contributed by atoms with Crippen LogP contribution in [0.2, 0.25) is 0 Å². The Morgan fingerprint density at radius 2 is 1.75 bits per heavy atom. The average molecular weight is 283 g/mol. The molecule has 0 atom stereocenters. The van der Waals surface area contributed by atoms with Gasteiger partial charge in [-0.05, 0) is 40.4 Å². The standard InChI is InChI=1S/C14H22BN3O2/c1-13(2)14(3,4)20-15(19-13)11-9-16-10-12(17-11)18-7-5-6-8-18/h9-10H,5-8H2,1-4H3/i5D2,6D2,7D2,8D2. The molecule has 1 aromatic heterocycles. The summed E-state index contributed by atoms with van der Waals surface area (Å²) in [5.74, 6) is -0.354. The van der Waals surface area contributed by atoms with Crippen LogP contribution in [0.1, 0.15) is 51.4 Å². The average Bonchev–Trinajstić information content (AvgIpc) is 2.77. The Bertz CT molecular complexity index is 763. The summed E-state index contributed by atoms with van der Waals surface area (Å²) >= 11 is 0. The number of hydrogen-bond acceptors (Lipinski definition) is 5. The monoisotopic (exact) mass is 283 g/mol. The van der Waals surface area contributed by atoms with E-state index in [-0.39, 0.29) is 11.4 Å². The summed E-state index contributed by atoms with van der Waals surface area (Å²) < 4.78 is 75.7. The summed E-state index contributed by atoms with van der Waals surface area (Å²) in [5, 5.41) is 0. The molecule has 108 valence electrons. The third kappa shape index (κ3) is 2.31. The molecule has 0 amide bonds. The molecule has 2 aliphatic rings. The van der Waals surface area contributed by atoms with E-state index in [2.05, 4.69) is 9.97 Å². The van der Waals surface area contributed by atoms with E-state index in [4.69, 9.17) is 20.3 Å². The summed E-state index contributed by atoms with van der Waals surface area (Å²) in [6.07, 6.45) is -3.91. The second-order valence-corrected chi connectivity index (χ2v) is 5.70. The largest absolute Gasteiger partial charge is 0.516 e. The van der Waals surface area contributed by atoms with Crippen molar-refractivity contribution < 1.29 is 20.3 Å². The molecule has 3 rings (SSSR count). The van der Waals surface area contributed by atoms with E-state index in [9.17, 15) is 0 Å². The minimum absolute atomic E-state index is 0.149. The molecule has 0 radical (unpaired) electrons. The van der Waals surface area contributed by atoms with Crippen molar-refractivity contribution in [2.75, 3.05) is 17.9 Å². The van der Waals surface area contributed by atoms with Gasteiger partial charge in [0.1, 0.15) is 5.82 Å². The molecule has 20 heavy (non-hydrogen) atoms. The number of rotatable bonds is 2. The quantitative estimate of drug-likeness (QED) is 0.767. The van der Waals surface area contributed by atoms with Gasteiger partial charge in [-0.3, -0.25) is 4.98 Å². The normalized spacial score (nSPS) is 40.4. The molecule has 0 N–H and O–H groups in total. The molecule has 0 saturated carbocycles. The maximum Gasteiger partial charge on any atom is 0.516 e. The first-order valence-corrected chi connectivity index (χ1v) is 6.38. The lowest BCUT2D eigenvalue weighted by molar-refractivity contribution is 0.00578. The van der Waals surface area contributed by atoms with Crippen LogP contribution in [0.25, 0.3) is 0 Å². The molecule has 2 fully saturated rings. The fourth-order valence-electron chi connectivity index (χ4n) is 1.87. The van der Waals surface area contributed by atoms with Gasteiger partial charge in [0, 0.05) is 30.2 Å². The minimum Gasteiger partial charge on any atom is -0.398 e. The Hall–Kier alpha value is -1.14. The van der Waals surface area contributed by atoms with Crippen LogP contribution >= 0.6 is 0 Å². The van der Waals surface area contributed by atoms with Gasteiger partial charge in [-0.15, -0.1) is 0 Å². The predicted octanol–water partition coefficient (Wildman–Crippen LogP) is 1.38. The Morgan fingerprint density at radius 3 is 2.35 bits per heavy atom. The zero-order valence-electron chi connectivity index (χ0n) is 19.9. The first-order valence-electron chi connectivity index (χ1n) is 10.4. The molecule has 3 heterocycles. The molecule has 0 aromatic carbocycles. The first-order chi connectivity index (χ1) is 12.4. The fourth-order valence-corrected chi connectivity index (χ4v) is 1.87. The van der Waals surface area contributed by atoms with Crippen LogP contribution < -0.4 is 10.5 Å². The zero-order valence-corrected chi connectivity index (χ0v) is 11.9. The molecule has 0 spiro atoms. The van der Waals surface area contributed by atoms with Crippen LogP contribution in [-0.2, 0) is 9.31 Å². The van der Waals surface area contributed by atoms with Crippen molar-refractivity contribution in [2.45, 2.75) is 51.6 Å². The Balaban J connectivity index is 2.06. The van der Waals surface area contributed by atoms with Gasteiger partial charge in [-0.25, -0.2) is 4.98 Å². The highest BCUT2D eigenvalue weighted by Gasteiger charge is 2.52. The van der Waals surface area contributed by atoms with Crippen molar-refractivity contribution in [1.29, 1.82) is 0 Å². The van der Waals surface area contributed by atoms with Gasteiger partial charge >= 0.3 is 7.12 Å². The van der Waals surface area contributed by atoms with E-state index < -0.39 is 44.1 Å². The summed E-state index contributed by atoms with van der Waals surface area (Å²) in [6.45, 7) is 1.30. The van der Waals surface area contributed by atoms with Gasteiger partial charge in [0.2, 0.25) is 0 Å². The highest BCUT2D eigenvalue weighted by molar-refractivity contribution is 6.61. The van der Waals surface area contributed by atoms with Crippen LogP contribution in [0.3, 0.4) is 0 Å². The van der Waals surface area contributed by atoms with E-state index in [1.807, 2.05) is 27.7 Å². The van der Waals surface area contributed by atoms with Crippen LogP contribution in [0.5, 0.6) is 0 Å². The summed E-state index contributed by atoms with van der Waals surface area (Å²) in [5.41, 5.74) is -1.18. The van der Waals surface area contributed by atoms with Crippen molar-refractivity contribution >= 4 is 18.5 Å². The third-order valence-corrected chi connectivity index (χ3v) is 3.76. The molecule has 2 saturated heterocycles. The molecular weight excluding hydrogens is 253 g/mol. The topological polar surface area (TPSA) is 47.5 Å². The molecule has 0 aliphatic carbocycles. The van der Waals surface area contributed by atoms with Gasteiger partial charge in [-0.1, -0.05) is 0 Å². The van der Waals surface area contributed by atoms with Crippen LogP contribution in [0.4, 0.5) is 5.82 Å². The molecular formula is C14H22BN3O2. The van der Waals surface area contributed by atoms with Crippen LogP contribution in [-0.4, -0.2) is 41.3 Å². The van der Waals surface area contributed by atoms with Gasteiger partial charge in [0.15, 0.2) is 0 Å². The van der Waals surface area contributed by atoms with E-state index in [1.165, 1.54) is 6.20 Å². The molecule has 5 nitrogen and oxygen atoms in total. The Labute approximate surface area is 132 Å². The smallest absolute Gasteiger partial charge is 0.398 e. The van der Waals surface area contributed by atoms with Crippen molar-refractivity contribution in [3.8, 4) is 0 Å². The molecule has 6 heteroatoms. The lowest BCUT2D eigenvalue weighted by atomic mass is 9.85. The second kappa shape index (κ2) is 4.70. The van der Waals surface area contributed by atoms with E-state index in [0.717, 1.165) is 6.20 Å². The molecule has 0 unspecified atom stereocenters. The van der Waals surface area contributed by atoms with Gasteiger partial charge in [0.25, 0.3) is 0 Å². The van der Waals surface area contributed by atoms with Gasteiger partial charge in [0.05, 0.1) is 23.0 Å². The zero-order chi connectivity index (χ0) is 21.6. The lowest BCUT2D eigenvalue weighted by Gasteiger charge is -2.32. The maximum atomic E-state index is 8.11. The number of anilines is 1. The molecule has 1 aromatic rings. The van der Waals surface area contributed by atoms with Gasteiger partial charge < -0.3 is 14.2 Å². The van der Waals surface area contributed by atoms with E-state index in [1.54, 1.807) is 0 Å². The van der Waals surface area contributed by atoms with Crippen molar-refractivity contribution in [3.05, 3.63) is 12.4 Å². The Kier molecular flexibility index (Phi) is 1.70. The number of aromatic nitrogens is 2. The summed E-state index contributed by atoms with van der Waals surface area (Å²) in [4.78, 5) is 8.51. The fraction of sp³-hybridized carbons (Fsp3) is 0.714. The minimum atomic E-state index is -3.15. The number of nitrogens with zero attached hydrogens (tertiary/aromatic N) is 3. The maximum absolute atomic E-state index is 8.11. The number of hydrogen-bond donors (Lipinski definition) is 0. The summed E-state index contributed by atoms with van der Waals surface area (Å²) in [7, 11) is -0.940. The molecule has 2 aliphatic heterocycles. The van der Waals surface area contributed by atoms with E-state index >= 15 is 0 Å².